The summed E-state index contributed by atoms with van der Waals surface area (Å²) in [5, 5.41) is 12.7. The Balaban J connectivity index is 3.16. The number of nitrogens with zero attached hydrogens (tertiary/aromatic N) is 1. The van der Waals surface area contributed by atoms with Crippen LogP contribution in [0, 0.1) is 21.7 Å². The SMILES string of the molecule is CC(C)NC(=O)c1cc(F)c([N+](=O)[O-])cc1F. The van der Waals surface area contributed by atoms with Crippen molar-refractivity contribution in [1.82, 2.24) is 5.32 Å². The Morgan fingerprint density at radius 1 is 1.35 bits per heavy atom. The summed E-state index contributed by atoms with van der Waals surface area (Å²) in [7, 11) is 0. The van der Waals surface area contributed by atoms with E-state index in [1.54, 1.807) is 13.8 Å². The molecule has 1 rings (SSSR count). The average Bonchev–Trinajstić information content (AvgIpc) is 2.19. The Morgan fingerprint density at radius 3 is 2.41 bits per heavy atom. The molecule has 7 heteroatoms. The Labute approximate surface area is 95.6 Å². The molecule has 1 N–H and O–H groups in total. The molecule has 1 aromatic carbocycles. The summed E-state index contributed by atoms with van der Waals surface area (Å²) in [5.41, 5.74) is -1.55. The molecule has 0 aliphatic rings. The first-order valence-electron chi connectivity index (χ1n) is 4.77. The Morgan fingerprint density at radius 2 is 1.94 bits per heavy atom. The average molecular weight is 244 g/mol. The van der Waals surface area contributed by atoms with Crippen LogP contribution in [0.15, 0.2) is 12.1 Å². The highest BCUT2D eigenvalue weighted by atomic mass is 19.1. The van der Waals surface area contributed by atoms with Gasteiger partial charge in [0.05, 0.1) is 16.6 Å². The minimum absolute atomic E-state index is 0.250. The van der Waals surface area contributed by atoms with Gasteiger partial charge in [-0.05, 0) is 19.9 Å². The molecule has 0 bridgehead atoms. The Kier molecular flexibility index (Phi) is 3.72. The van der Waals surface area contributed by atoms with Crippen LogP contribution >= 0.6 is 0 Å². The molecule has 0 aliphatic carbocycles. The number of halogens is 2. The summed E-state index contributed by atoms with van der Waals surface area (Å²) < 4.78 is 26.5. The maximum Gasteiger partial charge on any atom is 0.307 e. The van der Waals surface area contributed by atoms with Crippen molar-refractivity contribution < 1.29 is 18.5 Å². The third-order valence-electron chi connectivity index (χ3n) is 1.90. The molecule has 5 nitrogen and oxygen atoms in total. The molecule has 92 valence electrons. The lowest BCUT2D eigenvalue weighted by Gasteiger charge is -2.08. The molecular formula is C10H10F2N2O3. The van der Waals surface area contributed by atoms with Crippen LogP contribution in [-0.2, 0) is 0 Å². The highest BCUT2D eigenvalue weighted by Gasteiger charge is 2.22. The standard InChI is InChI=1S/C10H10F2N2O3/c1-5(2)13-10(15)6-3-8(12)9(14(16)17)4-7(6)11/h3-5H,1-2H3,(H,13,15). The van der Waals surface area contributed by atoms with Crippen molar-refractivity contribution in [3.63, 3.8) is 0 Å². The van der Waals surface area contributed by atoms with E-state index in [4.69, 9.17) is 0 Å². The van der Waals surface area contributed by atoms with Crippen molar-refractivity contribution in [2.24, 2.45) is 0 Å². The molecule has 0 unspecified atom stereocenters. The summed E-state index contributed by atoms with van der Waals surface area (Å²) in [6, 6.07) is 0.663. The van der Waals surface area contributed by atoms with Crippen molar-refractivity contribution in [2.45, 2.75) is 19.9 Å². The van der Waals surface area contributed by atoms with E-state index in [0.29, 0.717) is 12.1 Å². The monoisotopic (exact) mass is 244 g/mol. The Bertz CT molecular complexity index is 475. The molecule has 0 aromatic heterocycles. The number of carbonyl (C=O) groups excluding carboxylic acids is 1. The van der Waals surface area contributed by atoms with Gasteiger partial charge >= 0.3 is 5.69 Å². The lowest BCUT2D eigenvalue weighted by molar-refractivity contribution is -0.387. The van der Waals surface area contributed by atoms with Gasteiger partial charge in [0.2, 0.25) is 5.82 Å². The van der Waals surface area contributed by atoms with Crippen LogP contribution in [0.1, 0.15) is 24.2 Å². The molecule has 0 radical (unpaired) electrons. The minimum atomic E-state index is -1.25. The predicted molar refractivity (Wildman–Crippen MR) is 55.6 cm³/mol. The third kappa shape index (κ3) is 2.96. The summed E-state index contributed by atoms with van der Waals surface area (Å²) in [6.45, 7) is 3.30. The number of rotatable bonds is 3. The summed E-state index contributed by atoms with van der Waals surface area (Å²) >= 11 is 0. The van der Waals surface area contributed by atoms with Gasteiger partial charge in [0.1, 0.15) is 5.82 Å². The molecule has 0 fully saturated rings. The van der Waals surface area contributed by atoms with Gasteiger partial charge in [-0.2, -0.15) is 4.39 Å². The summed E-state index contributed by atoms with van der Waals surface area (Å²) in [6.07, 6.45) is 0. The fraction of sp³-hybridized carbons (Fsp3) is 0.300. The second-order valence-electron chi connectivity index (χ2n) is 3.67. The maximum absolute atomic E-state index is 13.4. The lowest BCUT2D eigenvalue weighted by Crippen LogP contribution is -2.30. The summed E-state index contributed by atoms with van der Waals surface area (Å²) in [4.78, 5) is 20.7. The number of hydrogen-bond donors (Lipinski definition) is 1. The van der Waals surface area contributed by atoms with Crippen LogP contribution in [0.4, 0.5) is 14.5 Å². The highest BCUT2D eigenvalue weighted by molar-refractivity contribution is 5.94. The number of amides is 1. The van der Waals surface area contributed by atoms with Gasteiger partial charge in [0.25, 0.3) is 5.91 Å². The molecular weight excluding hydrogens is 234 g/mol. The van der Waals surface area contributed by atoms with E-state index in [1.807, 2.05) is 0 Å². The van der Waals surface area contributed by atoms with Gasteiger partial charge < -0.3 is 5.32 Å². The first-order chi connectivity index (χ1) is 7.82. The zero-order valence-electron chi connectivity index (χ0n) is 9.16. The van der Waals surface area contributed by atoms with Crippen molar-refractivity contribution >= 4 is 11.6 Å². The quantitative estimate of drug-likeness (QED) is 0.653. The molecule has 0 spiro atoms. The Hall–Kier alpha value is -2.05. The van der Waals surface area contributed by atoms with Gasteiger partial charge in [0.15, 0.2) is 0 Å². The molecule has 0 saturated heterocycles. The molecule has 0 saturated carbocycles. The maximum atomic E-state index is 13.4. The van der Waals surface area contributed by atoms with Gasteiger partial charge in [0, 0.05) is 6.04 Å². The van der Waals surface area contributed by atoms with Crippen LogP contribution in [0.25, 0.3) is 0 Å². The second kappa shape index (κ2) is 4.86. The van der Waals surface area contributed by atoms with Crippen molar-refractivity contribution in [3.05, 3.63) is 39.4 Å². The third-order valence-corrected chi connectivity index (χ3v) is 1.90. The van der Waals surface area contributed by atoms with E-state index >= 15 is 0 Å². The first-order valence-corrected chi connectivity index (χ1v) is 4.77. The minimum Gasteiger partial charge on any atom is -0.350 e. The number of nitro benzene ring substituents is 1. The van der Waals surface area contributed by atoms with E-state index in [1.165, 1.54) is 0 Å². The van der Waals surface area contributed by atoms with Crippen molar-refractivity contribution in [1.29, 1.82) is 0 Å². The van der Waals surface area contributed by atoms with Gasteiger partial charge in [-0.25, -0.2) is 4.39 Å². The van der Waals surface area contributed by atoms with Gasteiger partial charge in [-0.15, -0.1) is 0 Å². The van der Waals surface area contributed by atoms with Crippen LogP contribution in [0.2, 0.25) is 0 Å². The van der Waals surface area contributed by atoms with Crippen molar-refractivity contribution in [3.8, 4) is 0 Å². The molecule has 0 atom stereocenters. The largest absolute Gasteiger partial charge is 0.350 e. The normalized spacial score (nSPS) is 10.4. The van der Waals surface area contributed by atoms with E-state index in [-0.39, 0.29) is 6.04 Å². The zero-order valence-corrected chi connectivity index (χ0v) is 9.16. The van der Waals surface area contributed by atoms with E-state index in [9.17, 15) is 23.7 Å². The predicted octanol–water partition coefficient (Wildman–Crippen LogP) is 2.01. The molecule has 17 heavy (non-hydrogen) atoms. The molecule has 0 aliphatic heterocycles. The lowest BCUT2D eigenvalue weighted by atomic mass is 10.1. The van der Waals surface area contributed by atoms with Crippen LogP contribution in [0.5, 0.6) is 0 Å². The number of benzene rings is 1. The van der Waals surface area contributed by atoms with Gasteiger partial charge in [-0.3, -0.25) is 14.9 Å². The van der Waals surface area contributed by atoms with Crippen molar-refractivity contribution in [2.75, 3.05) is 0 Å². The number of carbonyl (C=O) groups is 1. The number of nitro groups is 1. The van der Waals surface area contributed by atoms with E-state index < -0.39 is 33.7 Å². The zero-order chi connectivity index (χ0) is 13.2. The second-order valence-corrected chi connectivity index (χ2v) is 3.67. The fourth-order valence-corrected chi connectivity index (χ4v) is 1.19. The van der Waals surface area contributed by atoms with E-state index in [2.05, 4.69) is 5.32 Å². The molecule has 1 amide bonds. The van der Waals surface area contributed by atoms with E-state index in [0.717, 1.165) is 0 Å². The smallest absolute Gasteiger partial charge is 0.307 e. The highest BCUT2D eigenvalue weighted by Crippen LogP contribution is 2.21. The first kappa shape index (κ1) is 13.0. The van der Waals surface area contributed by atoms with Crippen LogP contribution in [-0.4, -0.2) is 16.9 Å². The summed E-state index contributed by atoms with van der Waals surface area (Å²) in [5.74, 6) is -3.19. The van der Waals surface area contributed by atoms with Crippen LogP contribution in [0.3, 0.4) is 0 Å². The number of hydrogen-bond acceptors (Lipinski definition) is 3. The molecule has 1 aromatic rings. The molecule has 0 heterocycles. The fourth-order valence-electron chi connectivity index (χ4n) is 1.19. The van der Waals surface area contributed by atoms with Crippen LogP contribution < -0.4 is 5.32 Å². The topological polar surface area (TPSA) is 72.2 Å². The van der Waals surface area contributed by atoms with Gasteiger partial charge in [-0.1, -0.05) is 0 Å². The number of nitrogens with one attached hydrogen (secondary N) is 1.